The summed E-state index contributed by atoms with van der Waals surface area (Å²) in [6.07, 6.45) is 0. The van der Waals surface area contributed by atoms with E-state index in [0.717, 1.165) is 27.9 Å². The van der Waals surface area contributed by atoms with Gasteiger partial charge in [-0.2, -0.15) is 0 Å². The summed E-state index contributed by atoms with van der Waals surface area (Å²) in [5.41, 5.74) is 8.60. The average molecular weight is 310 g/mol. The minimum atomic E-state index is -0.462. The Hall–Kier alpha value is -2.89. The van der Waals surface area contributed by atoms with Crippen LogP contribution in [0, 0.1) is 13.8 Å². The molecule has 0 unspecified atom stereocenters. The van der Waals surface area contributed by atoms with Gasteiger partial charge < -0.3 is 15.2 Å². The highest BCUT2D eigenvalue weighted by Crippen LogP contribution is 2.24. The topological polar surface area (TPSA) is 85.3 Å². The number of benzene rings is 1. The van der Waals surface area contributed by atoms with Gasteiger partial charge in [-0.05, 0) is 26.0 Å². The monoisotopic (exact) mass is 310 g/mol. The van der Waals surface area contributed by atoms with E-state index in [1.165, 1.54) is 0 Å². The Labute approximate surface area is 133 Å². The van der Waals surface area contributed by atoms with Gasteiger partial charge in [0.15, 0.2) is 0 Å². The second-order valence-electron chi connectivity index (χ2n) is 5.57. The average Bonchev–Trinajstić information content (AvgIpc) is 2.85. The van der Waals surface area contributed by atoms with Crippen molar-refractivity contribution in [2.24, 2.45) is 5.73 Å². The van der Waals surface area contributed by atoms with Gasteiger partial charge in [0.25, 0.3) is 0 Å². The Balaban J connectivity index is 2.04. The van der Waals surface area contributed by atoms with E-state index in [1.807, 2.05) is 50.1 Å². The number of anilines is 1. The fourth-order valence-electron chi connectivity index (χ4n) is 2.61. The predicted octanol–water partition coefficient (Wildman–Crippen LogP) is 2.57. The molecule has 1 amide bonds. The van der Waals surface area contributed by atoms with Crippen molar-refractivity contribution in [2.75, 3.05) is 11.9 Å². The summed E-state index contributed by atoms with van der Waals surface area (Å²) < 4.78 is 5.19. The Bertz CT molecular complexity index is 866. The van der Waals surface area contributed by atoms with Crippen molar-refractivity contribution in [1.29, 1.82) is 0 Å². The number of primary amides is 1. The molecule has 6 heteroatoms. The number of carbonyl (C=O) groups is 1. The van der Waals surface area contributed by atoms with E-state index in [9.17, 15) is 4.79 Å². The maximum absolute atomic E-state index is 11.8. The van der Waals surface area contributed by atoms with Crippen molar-refractivity contribution in [1.82, 2.24) is 10.1 Å². The SMILES string of the molecule is Cc1noc(C)c1CN(C)c1cc(C(N)=O)c2ccccc2n1. The highest BCUT2D eigenvalue weighted by molar-refractivity contribution is 6.06. The molecule has 3 aromatic rings. The zero-order valence-corrected chi connectivity index (χ0v) is 13.3. The first kappa shape index (κ1) is 15.0. The minimum absolute atomic E-state index is 0.462. The van der Waals surface area contributed by atoms with Gasteiger partial charge in [0.05, 0.1) is 16.8 Å². The van der Waals surface area contributed by atoms with Gasteiger partial charge in [0.1, 0.15) is 11.6 Å². The first-order valence-corrected chi connectivity index (χ1v) is 7.30. The molecule has 0 aliphatic carbocycles. The Morgan fingerprint density at radius 1 is 1.30 bits per heavy atom. The van der Waals surface area contributed by atoms with Crippen molar-refractivity contribution >= 4 is 22.6 Å². The lowest BCUT2D eigenvalue weighted by Gasteiger charge is -2.19. The van der Waals surface area contributed by atoms with E-state index >= 15 is 0 Å². The van der Waals surface area contributed by atoms with E-state index in [2.05, 4.69) is 10.1 Å². The quantitative estimate of drug-likeness (QED) is 0.800. The number of nitrogens with zero attached hydrogens (tertiary/aromatic N) is 3. The molecule has 6 nitrogen and oxygen atoms in total. The lowest BCUT2D eigenvalue weighted by Crippen LogP contribution is -2.20. The second kappa shape index (κ2) is 5.72. The van der Waals surface area contributed by atoms with Gasteiger partial charge in [-0.1, -0.05) is 23.4 Å². The number of amides is 1. The summed E-state index contributed by atoms with van der Waals surface area (Å²) in [5, 5.41) is 4.72. The molecule has 2 heterocycles. The van der Waals surface area contributed by atoms with Crippen molar-refractivity contribution < 1.29 is 9.32 Å². The highest BCUT2D eigenvalue weighted by atomic mass is 16.5. The summed E-state index contributed by atoms with van der Waals surface area (Å²) in [4.78, 5) is 18.3. The van der Waals surface area contributed by atoms with Crippen molar-refractivity contribution in [3.05, 3.63) is 52.9 Å². The van der Waals surface area contributed by atoms with Crippen molar-refractivity contribution in [2.45, 2.75) is 20.4 Å². The zero-order chi connectivity index (χ0) is 16.6. The molecule has 0 spiro atoms. The Morgan fingerprint density at radius 2 is 2.04 bits per heavy atom. The third-order valence-electron chi connectivity index (χ3n) is 3.94. The van der Waals surface area contributed by atoms with Gasteiger partial charge in [-0.15, -0.1) is 0 Å². The van der Waals surface area contributed by atoms with Gasteiger partial charge in [-0.3, -0.25) is 4.79 Å². The lowest BCUT2D eigenvalue weighted by molar-refractivity contribution is 0.100. The van der Waals surface area contributed by atoms with Crippen molar-refractivity contribution in [3.63, 3.8) is 0 Å². The number of para-hydroxylation sites is 1. The van der Waals surface area contributed by atoms with Crippen LogP contribution in [0.2, 0.25) is 0 Å². The van der Waals surface area contributed by atoms with E-state index in [4.69, 9.17) is 10.3 Å². The molecule has 2 N–H and O–H groups in total. The molecule has 0 aliphatic rings. The molecule has 118 valence electrons. The molecule has 3 rings (SSSR count). The molecule has 0 atom stereocenters. The van der Waals surface area contributed by atoms with Crippen LogP contribution in [-0.2, 0) is 6.54 Å². The second-order valence-corrected chi connectivity index (χ2v) is 5.57. The molecule has 0 saturated heterocycles. The van der Waals surface area contributed by atoms with E-state index in [0.29, 0.717) is 17.9 Å². The van der Waals surface area contributed by atoms with Crippen LogP contribution in [-0.4, -0.2) is 23.1 Å². The molecule has 0 fully saturated rings. The molecule has 0 bridgehead atoms. The van der Waals surface area contributed by atoms with Crippen LogP contribution in [0.25, 0.3) is 10.9 Å². The van der Waals surface area contributed by atoms with Gasteiger partial charge in [0.2, 0.25) is 5.91 Å². The molecule has 0 radical (unpaired) electrons. The first-order valence-electron chi connectivity index (χ1n) is 7.30. The van der Waals surface area contributed by atoms with Crippen LogP contribution in [0.5, 0.6) is 0 Å². The van der Waals surface area contributed by atoms with Crippen molar-refractivity contribution in [3.8, 4) is 0 Å². The standard InChI is InChI=1S/C17H18N4O2/c1-10-14(11(2)23-20-10)9-21(3)16-8-13(17(18)22)12-6-4-5-7-15(12)19-16/h4-8H,9H2,1-3H3,(H2,18,22). The summed E-state index contributed by atoms with van der Waals surface area (Å²) in [5.74, 6) is 0.998. The molecule has 0 aliphatic heterocycles. The first-order chi connectivity index (χ1) is 11.0. The number of hydrogen-bond donors (Lipinski definition) is 1. The number of nitrogens with two attached hydrogens (primary N) is 1. The molecule has 1 aromatic carbocycles. The normalized spacial score (nSPS) is 10.9. The third kappa shape index (κ3) is 2.75. The maximum atomic E-state index is 11.8. The Kier molecular flexibility index (Phi) is 3.73. The zero-order valence-electron chi connectivity index (χ0n) is 13.3. The summed E-state index contributed by atoms with van der Waals surface area (Å²) in [6, 6.07) is 9.19. The molecular weight excluding hydrogens is 292 g/mol. The fourth-order valence-corrected chi connectivity index (χ4v) is 2.61. The number of fused-ring (bicyclic) bond motifs is 1. The molecule has 23 heavy (non-hydrogen) atoms. The summed E-state index contributed by atoms with van der Waals surface area (Å²) >= 11 is 0. The van der Waals surface area contributed by atoms with Gasteiger partial charge in [-0.25, -0.2) is 4.98 Å². The number of pyridine rings is 1. The highest BCUT2D eigenvalue weighted by Gasteiger charge is 2.16. The van der Waals surface area contributed by atoms with E-state index in [1.54, 1.807) is 6.07 Å². The van der Waals surface area contributed by atoms with Crippen LogP contribution in [0.1, 0.15) is 27.4 Å². The lowest BCUT2D eigenvalue weighted by atomic mass is 10.1. The van der Waals surface area contributed by atoms with Crippen LogP contribution in [0.4, 0.5) is 5.82 Å². The summed E-state index contributed by atoms with van der Waals surface area (Å²) in [7, 11) is 1.91. The van der Waals surface area contributed by atoms with E-state index in [-0.39, 0.29) is 0 Å². The number of rotatable bonds is 4. The number of aryl methyl sites for hydroxylation is 2. The molecule has 2 aromatic heterocycles. The fraction of sp³-hybridized carbons (Fsp3) is 0.235. The Morgan fingerprint density at radius 3 is 2.70 bits per heavy atom. The predicted molar refractivity (Wildman–Crippen MR) is 88.3 cm³/mol. The third-order valence-corrected chi connectivity index (χ3v) is 3.94. The number of aromatic nitrogens is 2. The van der Waals surface area contributed by atoms with Gasteiger partial charge >= 0.3 is 0 Å². The largest absolute Gasteiger partial charge is 0.366 e. The number of hydrogen-bond acceptors (Lipinski definition) is 5. The number of carbonyl (C=O) groups excluding carboxylic acids is 1. The van der Waals surface area contributed by atoms with Gasteiger partial charge in [0, 0.05) is 24.5 Å². The summed E-state index contributed by atoms with van der Waals surface area (Å²) in [6.45, 7) is 4.37. The van der Waals surface area contributed by atoms with Crippen LogP contribution in [0.15, 0.2) is 34.9 Å². The minimum Gasteiger partial charge on any atom is -0.366 e. The van der Waals surface area contributed by atoms with Crippen LogP contribution >= 0.6 is 0 Å². The maximum Gasteiger partial charge on any atom is 0.249 e. The van der Waals surface area contributed by atoms with Crippen LogP contribution < -0.4 is 10.6 Å². The van der Waals surface area contributed by atoms with E-state index < -0.39 is 5.91 Å². The van der Waals surface area contributed by atoms with Crippen LogP contribution in [0.3, 0.4) is 0 Å². The molecule has 0 saturated carbocycles. The smallest absolute Gasteiger partial charge is 0.249 e. The molecular formula is C17H18N4O2.